The van der Waals surface area contributed by atoms with Gasteiger partial charge in [-0.2, -0.15) is 18.4 Å². The third-order valence-electron chi connectivity index (χ3n) is 10.4. The van der Waals surface area contributed by atoms with Crippen LogP contribution in [0.3, 0.4) is 0 Å². The first-order chi connectivity index (χ1) is 22.2. The lowest BCUT2D eigenvalue weighted by atomic mass is 9.77. The van der Waals surface area contributed by atoms with Gasteiger partial charge >= 0.3 is 11.3 Å². The highest BCUT2D eigenvalue weighted by atomic mass is 35.5. The molecule has 10 atom stereocenters. The molecule has 4 fully saturated rings. The molecule has 48 heavy (non-hydrogen) atoms. The molecule has 18 heteroatoms. The maximum atomic E-state index is 15.2. The number of rotatable bonds is 4. The summed E-state index contributed by atoms with van der Waals surface area (Å²) in [4.78, 5) is 60.5. The SMILES string of the molecule is CC(C)(C)C(NC(=O)C(F)(Cl)C(F)(F)F)C(=O)N1CC2C3CC(F)C(C3)C2C1C(=O)N1CC2(CC1C#N)Oc1cc(F)cnc1NC2=O. The monoisotopic (exact) mass is 704 g/mol. The van der Waals surface area contributed by atoms with E-state index in [1.54, 1.807) is 5.32 Å². The number of nitrogens with zero attached hydrogens (tertiary/aromatic N) is 4. The number of nitriles is 1. The second-order valence-corrected chi connectivity index (χ2v) is 14.8. The maximum Gasteiger partial charge on any atom is 0.446 e. The van der Waals surface area contributed by atoms with Crippen molar-refractivity contribution in [2.45, 2.75) is 81.2 Å². The van der Waals surface area contributed by atoms with Crippen LogP contribution in [0.2, 0.25) is 0 Å². The number of amides is 4. The Balaban J connectivity index is 1.34. The Morgan fingerprint density at radius 2 is 1.88 bits per heavy atom. The van der Waals surface area contributed by atoms with Crippen LogP contribution in [-0.4, -0.2) is 92.7 Å². The quantitative estimate of drug-likeness (QED) is 0.362. The maximum absolute atomic E-state index is 15.2. The molecule has 2 bridgehead atoms. The van der Waals surface area contributed by atoms with Gasteiger partial charge in [0.2, 0.25) is 17.4 Å². The third-order valence-corrected chi connectivity index (χ3v) is 10.7. The molecule has 4 amide bonds. The molecule has 5 aliphatic rings. The highest BCUT2D eigenvalue weighted by Crippen LogP contribution is 2.59. The van der Waals surface area contributed by atoms with E-state index in [0.29, 0.717) is 6.42 Å². The number of alkyl halides is 6. The molecular formula is C30H31ClF6N6O5. The number of anilines is 1. The standard InChI is InChI=1S/C30H31ClF6N6O5/c1-27(2,3)21(40-26(47)29(31,34)30(35,36)37)24(45)42-10-16-12-4-15(17(33)5-12)19(16)20(42)23(44)43-11-28(7-14(43)8-38)25(46)41-22-18(48-28)6-13(32)9-39-22/h6,9,12,14-17,19-21H,4-5,7,10-11H2,1-3H3,(H,40,47)(H,39,41,46). The second-order valence-electron chi connectivity index (χ2n) is 14.3. The smallest absolute Gasteiger partial charge is 0.446 e. The van der Waals surface area contributed by atoms with Crippen molar-refractivity contribution in [2.75, 3.05) is 18.4 Å². The molecule has 2 saturated heterocycles. The minimum absolute atomic E-state index is 0.0771. The fourth-order valence-corrected chi connectivity index (χ4v) is 8.17. The van der Waals surface area contributed by atoms with Crippen molar-refractivity contribution in [1.29, 1.82) is 5.26 Å². The van der Waals surface area contributed by atoms with Crippen molar-refractivity contribution in [3.63, 3.8) is 0 Å². The first-order valence-electron chi connectivity index (χ1n) is 15.3. The lowest BCUT2D eigenvalue weighted by Gasteiger charge is -2.39. The summed E-state index contributed by atoms with van der Waals surface area (Å²) in [5.41, 5.74) is -3.19. The molecule has 1 spiro atoms. The molecule has 260 valence electrons. The molecule has 3 aliphatic heterocycles. The number of carbonyl (C=O) groups excluding carboxylic acids is 4. The zero-order valence-electron chi connectivity index (χ0n) is 25.8. The number of aromatic nitrogens is 1. The zero-order chi connectivity index (χ0) is 35.3. The van der Waals surface area contributed by atoms with Gasteiger partial charge in [-0.25, -0.2) is 18.2 Å². The minimum atomic E-state index is -5.82. The lowest BCUT2D eigenvalue weighted by molar-refractivity contribution is -0.201. The highest BCUT2D eigenvalue weighted by Gasteiger charge is 2.66. The summed E-state index contributed by atoms with van der Waals surface area (Å²) >= 11 is 4.95. The number of likely N-dealkylation sites (tertiary alicyclic amines) is 2. The van der Waals surface area contributed by atoms with Crippen molar-refractivity contribution < 1.29 is 50.3 Å². The molecule has 2 N–H and O–H groups in total. The van der Waals surface area contributed by atoms with Gasteiger partial charge in [-0.3, -0.25) is 19.2 Å². The molecule has 1 aromatic rings. The molecular weight excluding hydrogens is 674 g/mol. The van der Waals surface area contributed by atoms with Gasteiger partial charge in [-0.15, -0.1) is 0 Å². The van der Waals surface area contributed by atoms with E-state index in [4.69, 9.17) is 16.3 Å². The lowest BCUT2D eigenvalue weighted by Crippen LogP contribution is -2.62. The van der Waals surface area contributed by atoms with Crippen molar-refractivity contribution >= 4 is 41.0 Å². The minimum Gasteiger partial charge on any atom is -0.471 e. The molecule has 0 aromatic carbocycles. The number of pyridine rings is 1. The van der Waals surface area contributed by atoms with Crippen LogP contribution in [0, 0.1) is 46.2 Å². The number of hydrogen-bond acceptors (Lipinski definition) is 7. The van der Waals surface area contributed by atoms with E-state index in [1.165, 1.54) is 20.8 Å². The van der Waals surface area contributed by atoms with Gasteiger partial charge in [0.15, 0.2) is 11.6 Å². The Hall–Kier alpha value is -3.81. The molecule has 11 nitrogen and oxygen atoms in total. The van der Waals surface area contributed by atoms with Crippen LogP contribution in [0.25, 0.3) is 0 Å². The summed E-state index contributed by atoms with van der Waals surface area (Å²) in [7, 11) is 0. The molecule has 2 aliphatic carbocycles. The largest absolute Gasteiger partial charge is 0.471 e. The Bertz CT molecular complexity index is 1620. The van der Waals surface area contributed by atoms with Gasteiger partial charge in [0.25, 0.3) is 11.8 Å². The van der Waals surface area contributed by atoms with Crippen LogP contribution in [0.1, 0.15) is 40.0 Å². The van der Waals surface area contributed by atoms with Crippen LogP contribution < -0.4 is 15.4 Å². The third kappa shape index (κ3) is 5.21. The molecule has 2 saturated carbocycles. The van der Waals surface area contributed by atoms with Crippen LogP contribution in [-0.2, 0) is 19.2 Å². The topological polar surface area (TPSA) is 145 Å². The van der Waals surface area contributed by atoms with E-state index in [-0.39, 0.29) is 36.9 Å². The van der Waals surface area contributed by atoms with Gasteiger partial charge in [-0.05, 0) is 41.9 Å². The van der Waals surface area contributed by atoms with E-state index in [2.05, 4.69) is 10.3 Å². The summed E-state index contributed by atoms with van der Waals surface area (Å²) < 4.78 is 89.3. The molecule has 4 heterocycles. The van der Waals surface area contributed by atoms with Crippen molar-refractivity contribution in [1.82, 2.24) is 20.1 Å². The van der Waals surface area contributed by atoms with Gasteiger partial charge in [-0.1, -0.05) is 32.4 Å². The average molecular weight is 705 g/mol. The highest BCUT2D eigenvalue weighted by molar-refractivity contribution is 6.34. The van der Waals surface area contributed by atoms with E-state index in [0.717, 1.165) is 22.1 Å². The van der Waals surface area contributed by atoms with E-state index in [9.17, 15) is 46.4 Å². The van der Waals surface area contributed by atoms with Crippen molar-refractivity contribution in [3.05, 3.63) is 18.1 Å². The number of nitrogens with one attached hydrogen (secondary N) is 2. The van der Waals surface area contributed by atoms with Gasteiger partial charge < -0.3 is 25.2 Å². The summed E-state index contributed by atoms with van der Waals surface area (Å²) in [6, 6.07) is -1.64. The molecule has 1 aromatic heterocycles. The molecule has 6 rings (SSSR count). The summed E-state index contributed by atoms with van der Waals surface area (Å²) in [6.45, 7) is 3.56. The fraction of sp³-hybridized carbons (Fsp3) is 0.667. The van der Waals surface area contributed by atoms with Gasteiger partial charge in [0, 0.05) is 19.0 Å². The predicted octanol–water partition coefficient (Wildman–Crippen LogP) is 3.23. The molecule has 0 radical (unpaired) electrons. The number of carbonyl (C=O) groups is 4. The van der Waals surface area contributed by atoms with Crippen LogP contribution in [0.5, 0.6) is 5.75 Å². The van der Waals surface area contributed by atoms with Crippen LogP contribution >= 0.6 is 11.6 Å². The Kier molecular flexibility index (Phi) is 7.88. The summed E-state index contributed by atoms with van der Waals surface area (Å²) in [6.07, 6.45) is -6.02. The average Bonchev–Trinajstić information content (AvgIpc) is 3.74. The predicted molar refractivity (Wildman–Crippen MR) is 153 cm³/mol. The van der Waals surface area contributed by atoms with E-state index >= 15 is 4.39 Å². The van der Waals surface area contributed by atoms with Gasteiger partial charge in [0.1, 0.15) is 30.1 Å². The fourth-order valence-electron chi connectivity index (χ4n) is 8.11. The number of fused-ring (bicyclic) bond motifs is 6. The first-order valence-corrected chi connectivity index (χ1v) is 15.6. The zero-order valence-corrected chi connectivity index (χ0v) is 26.5. The van der Waals surface area contributed by atoms with Crippen molar-refractivity contribution in [3.8, 4) is 11.8 Å². The number of ether oxygens (including phenoxy) is 1. The second kappa shape index (κ2) is 11.1. The number of halogens is 7. The summed E-state index contributed by atoms with van der Waals surface area (Å²) in [5, 5.41) is 9.50. The van der Waals surface area contributed by atoms with Gasteiger partial charge in [0.05, 0.1) is 18.8 Å². The van der Waals surface area contributed by atoms with Crippen LogP contribution in [0.15, 0.2) is 12.3 Å². The normalized spacial score (nSPS) is 34.1. The first kappa shape index (κ1) is 34.1. The van der Waals surface area contributed by atoms with Crippen LogP contribution in [0.4, 0.5) is 32.2 Å². The number of hydrogen-bond donors (Lipinski definition) is 2. The Morgan fingerprint density at radius 1 is 1.19 bits per heavy atom. The summed E-state index contributed by atoms with van der Waals surface area (Å²) in [5.74, 6) is -7.99. The Morgan fingerprint density at radius 3 is 2.50 bits per heavy atom. The van der Waals surface area contributed by atoms with E-state index < -0.39 is 100 Å². The Labute approximate surface area is 275 Å². The van der Waals surface area contributed by atoms with Crippen molar-refractivity contribution in [2.24, 2.45) is 29.1 Å². The van der Waals surface area contributed by atoms with E-state index in [1.807, 2.05) is 6.07 Å². The molecule has 10 unspecified atom stereocenters.